The van der Waals surface area contributed by atoms with Crippen molar-refractivity contribution in [3.05, 3.63) is 67.5 Å². The van der Waals surface area contributed by atoms with Crippen LogP contribution < -0.4 is 11.2 Å². The second kappa shape index (κ2) is 6.84. The SMILES string of the molecule is C/C=C(\CC)c1nccc(C)c1-n1c(=O)[nH]c(=O)c2cc(F)c(Cl)nc21. The Morgan fingerprint density at radius 2 is 2.15 bits per heavy atom. The van der Waals surface area contributed by atoms with Crippen LogP contribution in [-0.2, 0) is 0 Å². The van der Waals surface area contributed by atoms with E-state index in [1.807, 2.05) is 26.8 Å². The van der Waals surface area contributed by atoms with E-state index < -0.39 is 22.2 Å². The smallest absolute Gasteiger partial charge is 0.273 e. The number of aromatic nitrogens is 4. The van der Waals surface area contributed by atoms with Gasteiger partial charge in [0.2, 0.25) is 0 Å². The fourth-order valence-corrected chi connectivity index (χ4v) is 3.03. The molecule has 0 atom stereocenters. The Bertz CT molecular complexity index is 1160. The summed E-state index contributed by atoms with van der Waals surface area (Å²) in [6, 6.07) is 2.72. The minimum absolute atomic E-state index is 0.0194. The number of H-pyrrole nitrogens is 1. The van der Waals surface area contributed by atoms with Gasteiger partial charge in [0.1, 0.15) is 0 Å². The molecule has 0 fully saturated rings. The maximum absolute atomic E-state index is 13.8. The quantitative estimate of drug-likeness (QED) is 0.712. The maximum Gasteiger partial charge on any atom is 0.334 e. The van der Waals surface area contributed by atoms with Gasteiger partial charge in [-0.05, 0) is 43.5 Å². The summed E-state index contributed by atoms with van der Waals surface area (Å²) < 4.78 is 15.0. The molecule has 0 unspecified atom stereocenters. The van der Waals surface area contributed by atoms with Gasteiger partial charge in [-0.1, -0.05) is 24.6 Å². The molecule has 3 aromatic rings. The van der Waals surface area contributed by atoms with Gasteiger partial charge in [-0.25, -0.2) is 18.7 Å². The molecule has 134 valence electrons. The molecule has 0 saturated carbocycles. The maximum atomic E-state index is 13.8. The van der Waals surface area contributed by atoms with E-state index in [1.165, 1.54) is 4.57 Å². The Morgan fingerprint density at radius 1 is 1.42 bits per heavy atom. The summed E-state index contributed by atoms with van der Waals surface area (Å²) in [4.78, 5) is 35.3. The van der Waals surface area contributed by atoms with Crippen molar-refractivity contribution in [2.45, 2.75) is 27.2 Å². The summed E-state index contributed by atoms with van der Waals surface area (Å²) in [6.45, 7) is 5.67. The van der Waals surface area contributed by atoms with Crippen molar-refractivity contribution in [3.63, 3.8) is 0 Å². The predicted octanol–water partition coefficient (Wildman–Crippen LogP) is 3.38. The van der Waals surface area contributed by atoms with Crippen LogP contribution in [0, 0.1) is 12.7 Å². The van der Waals surface area contributed by atoms with Crippen LogP contribution in [0.5, 0.6) is 0 Å². The fraction of sp³-hybridized carbons (Fsp3) is 0.222. The number of hydrogen-bond acceptors (Lipinski definition) is 4. The summed E-state index contributed by atoms with van der Waals surface area (Å²) in [5.41, 5.74) is 1.30. The van der Waals surface area contributed by atoms with E-state index in [0.717, 1.165) is 17.2 Å². The van der Waals surface area contributed by atoms with Crippen LogP contribution in [0.15, 0.2) is 34.0 Å². The molecule has 0 aromatic carbocycles. The fourth-order valence-electron chi connectivity index (χ4n) is 2.89. The van der Waals surface area contributed by atoms with Crippen LogP contribution in [0.4, 0.5) is 4.39 Å². The number of pyridine rings is 2. The molecule has 0 bridgehead atoms. The molecule has 6 nitrogen and oxygen atoms in total. The van der Waals surface area contributed by atoms with Crippen LogP contribution in [0.25, 0.3) is 22.3 Å². The van der Waals surface area contributed by atoms with Gasteiger partial charge in [-0.15, -0.1) is 0 Å². The topological polar surface area (TPSA) is 80.6 Å². The highest BCUT2D eigenvalue weighted by molar-refractivity contribution is 6.29. The van der Waals surface area contributed by atoms with E-state index in [2.05, 4.69) is 15.0 Å². The van der Waals surface area contributed by atoms with Crippen molar-refractivity contribution in [2.24, 2.45) is 0 Å². The van der Waals surface area contributed by atoms with E-state index >= 15 is 0 Å². The number of nitrogens with one attached hydrogen (secondary N) is 1. The molecule has 0 saturated heterocycles. The van der Waals surface area contributed by atoms with Crippen molar-refractivity contribution in [1.82, 2.24) is 19.5 Å². The highest BCUT2D eigenvalue weighted by Gasteiger charge is 2.19. The van der Waals surface area contributed by atoms with Crippen LogP contribution in [0.1, 0.15) is 31.5 Å². The molecule has 3 aromatic heterocycles. The summed E-state index contributed by atoms with van der Waals surface area (Å²) in [7, 11) is 0. The Morgan fingerprint density at radius 3 is 2.81 bits per heavy atom. The average Bonchev–Trinajstić information content (AvgIpc) is 2.60. The number of halogens is 2. The molecule has 0 radical (unpaired) electrons. The molecule has 26 heavy (non-hydrogen) atoms. The van der Waals surface area contributed by atoms with Crippen LogP contribution in [0.2, 0.25) is 5.15 Å². The first-order valence-electron chi connectivity index (χ1n) is 8.01. The predicted molar refractivity (Wildman–Crippen MR) is 99.4 cm³/mol. The molecule has 0 aliphatic heterocycles. The average molecular weight is 375 g/mol. The minimum atomic E-state index is -0.833. The van der Waals surface area contributed by atoms with Crippen LogP contribution >= 0.6 is 11.6 Å². The van der Waals surface area contributed by atoms with Gasteiger partial charge in [0.05, 0.1) is 16.8 Å². The molecule has 0 spiro atoms. The normalized spacial score (nSPS) is 12.0. The largest absolute Gasteiger partial charge is 0.334 e. The summed E-state index contributed by atoms with van der Waals surface area (Å²) in [5.74, 6) is -0.833. The minimum Gasteiger partial charge on any atom is -0.273 e. The number of aryl methyl sites for hydroxylation is 1. The number of rotatable bonds is 3. The lowest BCUT2D eigenvalue weighted by atomic mass is 10.0. The third kappa shape index (κ3) is 2.84. The monoisotopic (exact) mass is 374 g/mol. The highest BCUT2D eigenvalue weighted by atomic mass is 35.5. The zero-order chi connectivity index (χ0) is 19.0. The lowest BCUT2D eigenvalue weighted by molar-refractivity contribution is 0.623. The van der Waals surface area contributed by atoms with Crippen LogP contribution in [-0.4, -0.2) is 19.5 Å². The first-order chi connectivity index (χ1) is 12.4. The third-order valence-corrected chi connectivity index (χ3v) is 4.44. The van der Waals surface area contributed by atoms with E-state index in [4.69, 9.17) is 11.6 Å². The number of nitrogens with zero attached hydrogens (tertiary/aromatic N) is 3. The standard InChI is InChI=1S/C18H16ClFN4O2/c1-4-10(5-2)13-14(9(3)6-7-21-13)24-16-11(17(25)23-18(24)26)8-12(20)15(19)22-16/h4,6-8H,5H2,1-3H3,(H,23,25,26)/b10-4+. The summed E-state index contributed by atoms with van der Waals surface area (Å²) in [6.07, 6.45) is 4.25. The van der Waals surface area contributed by atoms with Gasteiger partial charge in [-0.3, -0.25) is 14.8 Å². The Kier molecular flexibility index (Phi) is 4.73. The van der Waals surface area contributed by atoms with Crippen molar-refractivity contribution in [1.29, 1.82) is 0 Å². The van der Waals surface area contributed by atoms with Crippen molar-refractivity contribution in [2.75, 3.05) is 0 Å². The molecule has 3 rings (SSSR count). The zero-order valence-corrected chi connectivity index (χ0v) is 15.2. The van der Waals surface area contributed by atoms with Crippen molar-refractivity contribution < 1.29 is 4.39 Å². The molecule has 8 heteroatoms. The lowest BCUT2D eigenvalue weighted by Gasteiger charge is -2.16. The van der Waals surface area contributed by atoms with E-state index in [-0.39, 0.29) is 11.0 Å². The van der Waals surface area contributed by atoms with E-state index in [1.54, 1.807) is 12.3 Å². The number of aromatic amines is 1. The number of fused-ring (bicyclic) bond motifs is 1. The first-order valence-corrected chi connectivity index (χ1v) is 8.39. The molecule has 1 N–H and O–H groups in total. The van der Waals surface area contributed by atoms with E-state index in [0.29, 0.717) is 17.8 Å². The number of hydrogen-bond donors (Lipinski definition) is 1. The van der Waals surface area contributed by atoms with Crippen molar-refractivity contribution in [3.8, 4) is 5.69 Å². The summed E-state index contributed by atoms with van der Waals surface area (Å²) in [5, 5.41) is -0.486. The molecule has 0 aliphatic rings. The Hall–Kier alpha value is -2.80. The number of allylic oxidation sites excluding steroid dienone is 2. The van der Waals surface area contributed by atoms with E-state index in [9.17, 15) is 14.0 Å². The van der Waals surface area contributed by atoms with Gasteiger partial charge in [0.15, 0.2) is 16.6 Å². The molecular formula is C18H16ClFN4O2. The van der Waals surface area contributed by atoms with Gasteiger partial charge in [-0.2, -0.15) is 0 Å². The highest BCUT2D eigenvalue weighted by Crippen LogP contribution is 2.27. The van der Waals surface area contributed by atoms with Gasteiger partial charge in [0, 0.05) is 6.20 Å². The van der Waals surface area contributed by atoms with Crippen LogP contribution in [0.3, 0.4) is 0 Å². The molecule has 0 aliphatic carbocycles. The van der Waals surface area contributed by atoms with Gasteiger partial charge >= 0.3 is 5.69 Å². The molecular weight excluding hydrogens is 359 g/mol. The second-order valence-electron chi connectivity index (χ2n) is 5.72. The Balaban J connectivity index is 2.54. The summed E-state index contributed by atoms with van der Waals surface area (Å²) >= 11 is 5.81. The van der Waals surface area contributed by atoms with Crippen molar-refractivity contribution >= 4 is 28.2 Å². The lowest BCUT2D eigenvalue weighted by Crippen LogP contribution is -2.31. The second-order valence-corrected chi connectivity index (χ2v) is 6.08. The first kappa shape index (κ1) is 18.0. The van der Waals surface area contributed by atoms with Gasteiger partial charge < -0.3 is 0 Å². The third-order valence-electron chi connectivity index (χ3n) is 4.18. The molecule has 0 amide bonds. The molecule has 3 heterocycles. The Labute approximate surface area is 153 Å². The zero-order valence-electron chi connectivity index (χ0n) is 14.4. The van der Waals surface area contributed by atoms with Gasteiger partial charge in [0.25, 0.3) is 5.56 Å².